The summed E-state index contributed by atoms with van der Waals surface area (Å²) in [6, 6.07) is 29.3. The Hall–Kier alpha value is -3.68. The third-order valence-electron chi connectivity index (χ3n) is 6.19. The van der Waals surface area contributed by atoms with Crippen LogP contribution in [0.1, 0.15) is 11.8 Å². The van der Waals surface area contributed by atoms with Gasteiger partial charge in [0.05, 0.1) is 11.4 Å². The van der Waals surface area contributed by atoms with Crippen LogP contribution in [0.5, 0.6) is 0 Å². The van der Waals surface area contributed by atoms with E-state index in [0.717, 1.165) is 15.7 Å². The fourth-order valence-corrected chi connectivity index (χ4v) is 4.88. The maximum absolute atomic E-state index is 13.6. The molecule has 1 aromatic heterocycles. The summed E-state index contributed by atoms with van der Waals surface area (Å²) >= 11 is 3.45. The lowest BCUT2D eigenvalue weighted by molar-refractivity contribution is -0.126. The molecule has 0 unspecified atom stereocenters. The first-order chi connectivity index (χ1) is 16.6. The number of hydroxylamine groups is 1. The first kappa shape index (κ1) is 20.9. The Labute approximate surface area is 204 Å². The number of halogens is 1. The average molecular weight is 515 g/mol. The molecule has 0 aliphatic carbocycles. The lowest BCUT2D eigenvalue weighted by Gasteiger charge is -2.27. The van der Waals surface area contributed by atoms with Crippen LogP contribution in [-0.4, -0.2) is 17.9 Å². The predicted octanol–water partition coefficient (Wildman–Crippen LogP) is 5.76. The van der Waals surface area contributed by atoms with Gasteiger partial charge in [0.15, 0.2) is 6.10 Å². The van der Waals surface area contributed by atoms with E-state index in [4.69, 9.17) is 9.25 Å². The van der Waals surface area contributed by atoms with Crippen molar-refractivity contribution >= 4 is 39.1 Å². The molecule has 0 bridgehead atoms. The molecule has 0 radical (unpaired) electrons. The average Bonchev–Trinajstić information content (AvgIpc) is 3.56. The topological polar surface area (TPSA) is 63.0 Å². The summed E-state index contributed by atoms with van der Waals surface area (Å²) in [5, 5.41) is 1.64. The monoisotopic (exact) mass is 514 g/mol. The van der Waals surface area contributed by atoms with Gasteiger partial charge in [0.1, 0.15) is 23.5 Å². The molecule has 2 amide bonds. The van der Waals surface area contributed by atoms with Gasteiger partial charge in [0.25, 0.3) is 5.91 Å². The van der Waals surface area contributed by atoms with Crippen LogP contribution in [0.3, 0.4) is 0 Å². The van der Waals surface area contributed by atoms with Crippen molar-refractivity contribution in [3.05, 3.63) is 107 Å². The number of carbonyl (C=O) groups is 2. The van der Waals surface area contributed by atoms with E-state index in [9.17, 15) is 9.59 Å². The first-order valence-corrected chi connectivity index (χ1v) is 11.7. The molecule has 0 saturated carbocycles. The van der Waals surface area contributed by atoms with Crippen molar-refractivity contribution in [2.24, 2.45) is 5.92 Å². The highest BCUT2D eigenvalue weighted by atomic mass is 79.9. The van der Waals surface area contributed by atoms with E-state index in [1.165, 1.54) is 4.90 Å². The number of amides is 2. The number of fused-ring (bicyclic) bond motifs is 1. The zero-order valence-electron chi connectivity index (χ0n) is 17.9. The van der Waals surface area contributed by atoms with Gasteiger partial charge in [-0.15, -0.1) is 0 Å². The summed E-state index contributed by atoms with van der Waals surface area (Å²) in [6.07, 6.45) is -0.931. The molecule has 3 aromatic carbocycles. The Balaban J connectivity index is 1.42. The van der Waals surface area contributed by atoms with Gasteiger partial charge < -0.3 is 4.42 Å². The Morgan fingerprint density at radius 3 is 2.03 bits per heavy atom. The standard InChI is InChI=1S/C27H19BrN2O4/c28-18-13-11-17(12-14-18)21-15-16-22(33-21)24-23-25(34-30(24)20-9-5-2-6-10-20)27(32)29(26(23)31)19-7-3-1-4-8-19/h1-16,23-25H/t23-,24+,25+/m0/s1. The number of rotatable bonds is 4. The van der Waals surface area contributed by atoms with Crippen molar-refractivity contribution in [2.75, 3.05) is 9.96 Å². The van der Waals surface area contributed by atoms with Crippen molar-refractivity contribution in [3.63, 3.8) is 0 Å². The van der Waals surface area contributed by atoms with Crippen LogP contribution >= 0.6 is 15.9 Å². The Morgan fingerprint density at radius 2 is 1.35 bits per heavy atom. The van der Waals surface area contributed by atoms with Crippen LogP contribution in [0.25, 0.3) is 11.3 Å². The van der Waals surface area contributed by atoms with Gasteiger partial charge in [-0.25, -0.2) is 9.96 Å². The number of nitrogens with zero attached hydrogens (tertiary/aromatic N) is 2. The van der Waals surface area contributed by atoms with E-state index in [0.29, 0.717) is 17.2 Å². The molecule has 6 nitrogen and oxygen atoms in total. The summed E-state index contributed by atoms with van der Waals surface area (Å²) in [5.74, 6) is -0.173. The molecule has 2 aliphatic heterocycles. The second kappa shape index (κ2) is 8.27. The number of anilines is 2. The van der Waals surface area contributed by atoms with E-state index >= 15 is 0 Å². The normalized spacial score (nSPS) is 21.9. The first-order valence-electron chi connectivity index (χ1n) is 10.9. The highest BCUT2D eigenvalue weighted by Gasteiger charge is 2.61. The van der Waals surface area contributed by atoms with E-state index in [1.54, 1.807) is 29.3 Å². The van der Waals surface area contributed by atoms with Gasteiger partial charge in [-0.2, -0.15) is 0 Å². The van der Waals surface area contributed by atoms with Crippen molar-refractivity contribution in [1.29, 1.82) is 0 Å². The van der Waals surface area contributed by atoms with Crippen molar-refractivity contribution < 1.29 is 18.8 Å². The summed E-state index contributed by atoms with van der Waals surface area (Å²) in [7, 11) is 0. The van der Waals surface area contributed by atoms with Crippen LogP contribution in [0.2, 0.25) is 0 Å². The van der Waals surface area contributed by atoms with Crippen molar-refractivity contribution in [3.8, 4) is 11.3 Å². The summed E-state index contributed by atoms with van der Waals surface area (Å²) in [6.45, 7) is 0. The maximum Gasteiger partial charge on any atom is 0.266 e. The van der Waals surface area contributed by atoms with E-state index in [2.05, 4.69) is 15.9 Å². The molecule has 3 heterocycles. The predicted molar refractivity (Wildman–Crippen MR) is 131 cm³/mol. The fraction of sp³-hybridized carbons (Fsp3) is 0.111. The highest BCUT2D eigenvalue weighted by Crippen LogP contribution is 2.48. The molecule has 0 spiro atoms. The molecule has 168 valence electrons. The number of imide groups is 1. The SMILES string of the molecule is O=C1[C@H]2[C@@H](c3ccc(-c4ccc(Br)cc4)o3)N(c3ccccc3)O[C@H]2C(=O)N1c1ccccc1. The second-order valence-electron chi connectivity index (χ2n) is 8.21. The minimum atomic E-state index is -0.931. The third-order valence-corrected chi connectivity index (χ3v) is 6.72. The van der Waals surface area contributed by atoms with Gasteiger partial charge in [-0.1, -0.05) is 64.5 Å². The minimum absolute atomic E-state index is 0.300. The van der Waals surface area contributed by atoms with Crippen LogP contribution in [0.15, 0.2) is 106 Å². The van der Waals surface area contributed by atoms with Crippen molar-refractivity contribution in [1.82, 2.24) is 0 Å². The molecule has 7 heteroatoms. The smallest absolute Gasteiger partial charge is 0.266 e. The Kier molecular flexibility index (Phi) is 5.08. The number of benzene rings is 3. The molecule has 2 saturated heterocycles. The Bertz CT molecular complexity index is 1350. The van der Waals surface area contributed by atoms with E-state index < -0.39 is 18.1 Å². The largest absolute Gasteiger partial charge is 0.459 e. The van der Waals surface area contributed by atoms with Crippen LogP contribution in [0, 0.1) is 5.92 Å². The summed E-state index contributed by atoms with van der Waals surface area (Å²) < 4.78 is 7.23. The molecule has 2 aliphatic rings. The van der Waals surface area contributed by atoms with E-state index in [1.807, 2.05) is 72.8 Å². The van der Waals surface area contributed by atoms with Gasteiger partial charge in [-0.05, 0) is 48.5 Å². The third kappa shape index (κ3) is 3.36. The number of carbonyl (C=O) groups excluding carboxylic acids is 2. The van der Waals surface area contributed by atoms with Crippen molar-refractivity contribution in [2.45, 2.75) is 12.1 Å². The molecular weight excluding hydrogens is 496 g/mol. The number of hydrogen-bond acceptors (Lipinski definition) is 5. The van der Waals surface area contributed by atoms with Crippen LogP contribution in [0.4, 0.5) is 11.4 Å². The van der Waals surface area contributed by atoms with Gasteiger partial charge in [-0.3, -0.25) is 14.4 Å². The number of furan rings is 1. The second-order valence-corrected chi connectivity index (χ2v) is 9.13. The van der Waals surface area contributed by atoms with Gasteiger partial charge in [0, 0.05) is 10.0 Å². The molecular formula is C27H19BrN2O4. The van der Waals surface area contributed by atoms with Gasteiger partial charge >= 0.3 is 0 Å². The summed E-state index contributed by atoms with van der Waals surface area (Å²) in [4.78, 5) is 34.3. The quantitative estimate of drug-likeness (QED) is 0.324. The molecule has 3 atom stereocenters. The van der Waals surface area contributed by atoms with Crippen LogP contribution in [-0.2, 0) is 14.4 Å². The lowest BCUT2D eigenvalue weighted by atomic mass is 9.94. The summed E-state index contributed by atoms with van der Waals surface area (Å²) in [5.41, 5.74) is 2.20. The zero-order valence-corrected chi connectivity index (χ0v) is 19.5. The number of hydrogen-bond donors (Lipinski definition) is 0. The Morgan fingerprint density at radius 1 is 0.706 bits per heavy atom. The molecule has 4 aromatic rings. The fourth-order valence-electron chi connectivity index (χ4n) is 4.61. The molecule has 0 N–H and O–H groups in total. The molecule has 34 heavy (non-hydrogen) atoms. The minimum Gasteiger partial charge on any atom is -0.459 e. The lowest BCUT2D eigenvalue weighted by Crippen LogP contribution is -2.37. The zero-order chi connectivity index (χ0) is 23.2. The highest BCUT2D eigenvalue weighted by molar-refractivity contribution is 9.10. The number of para-hydroxylation sites is 2. The van der Waals surface area contributed by atoms with Crippen LogP contribution < -0.4 is 9.96 Å². The molecule has 6 rings (SSSR count). The molecule has 2 fully saturated rings. The maximum atomic E-state index is 13.6. The van der Waals surface area contributed by atoms with E-state index in [-0.39, 0.29) is 11.8 Å². The van der Waals surface area contributed by atoms with Gasteiger partial charge in [0.2, 0.25) is 5.91 Å².